The van der Waals surface area contributed by atoms with Crippen molar-refractivity contribution in [2.45, 2.75) is 44.8 Å². The van der Waals surface area contributed by atoms with E-state index in [4.69, 9.17) is 0 Å². The fourth-order valence-electron chi connectivity index (χ4n) is 2.87. The van der Waals surface area contributed by atoms with Gasteiger partial charge in [0, 0.05) is 19.0 Å². The molecule has 3 atom stereocenters. The summed E-state index contributed by atoms with van der Waals surface area (Å²) in [6, 6.07) is 0.0172. The highest BCUT2D eigenvalue weighted by molar-refractivity contribution is 5.83. The van der Waals surface area contributed by atoms with Crippen LogP contribution in [0.4, 0.5) is 0 Å². The molecule has 2 aliphatic rings. The average Bonchev–Trinajstić information content (AvgIpc) is 2.80. The summed E-state index contributed by atoms with van der Waals surface area (Å²) in [5.74, 6) is 0.533. The van der Waals surface area contributed by atoms with Crippen molar-refractivity contribution >= 4 is 5.91 Å². The van der Waals surface area contributed by atoms with Gasteiger partial charge in [-0.3, -0.25) is 4.79 Å². The predicted octanol–water partition coefficient (Wildman–Crippen LogP) is 0.358. The Balaban J connectivity index is 1.85. The molecule has 0 aromatic rings. The summed E-state index contributed by atoms with van der Waals surface area (Å²) < 4.78 is 0. The Hall–Kier alpha value is -0.610. The molecule has 4 heteroatoms. The summed E-state index contributed by atoms with van der Waals surface area (Å²) in [6.45, 7) is 4.47. The van der Waals surface area contributed by atoms with E-state index in [0.29, 0.717) is 5.92 Å². The van der Waals surface area contributed by atoms with Crippen molar-refractivity contribution in [2.24, 2.45) is 5.92 Å². The van der Waals surface area contributed by atoms with Crippen molar-refractivity contribution in [2.75, 3.05) is 19.6 Å². The molecule has 0 aromatic heterocycles. The van der Waals surface area contributed by atoms with Gasteiger partial charge in [-0.15, -0.1) is 0 Å². The molecular formula is C12H22N2O2. The van der Waals surface area contributed by atoms with E-state index < -0.39 is 0 Å². The largest absolute Gasteiger partial charge is 0.393 e. The second-order valence-corrected chi connectivity index (χ2v) is 4.94. The predicted molar refractivity (Wildman–Crippen MR) is 62.0 cm³/mol. The molecule has 0 aromatic carbocycles. The number of nitrogens with one attached hydrogen (secondary N) is 1. The first-order valence-electron chi connectivity index (χ1n) is 6.42. The molecule has 1 aliphatic carbocycles. The van der Waals surface area contributed by atoms with E-state index in [0.717, 1.165) is 45.3 Å². The summed E-state index contributed by atoms with van der Waals surface area (Å²) in [5, 5.41) is 13.0. The Morgan fingerprint density at radius 3 is 2.88 bits per heavy atom. The van der Waals surface area contributed by atoms with E-state index in [-0.39, 0.29) is 18.1 Å². The van der Waals surface area contributed by atoms with E-state index in [1.807, 2.05) is 11.8 Å². The van der Waals surface area contributed by atoms with Crippen LogP contribution in [0.1, 0.15) is 32.6 Å². The highest BCUT2D eigenvalue weighted by Crippen LogP contribution is 2.27. The number of hydrogen-bond donors (Lipinski definition) is 2. The number of likely N-dealkylation sites (N-methyl/N-ethyl adjacent to an activating group) is 1. The smallest absolute Gasteiger partial charge is 0.239 e. The summed E-state index contributed by atoms with van der Waals surface area (Å²) in [7, 11) is 0. The number of amides is 1. The molecule has 2 fully saturated rings. The Morgan fingerprint density at radius 2 is 2.25 bits per heavy atom. The molecule has 1 saturated carbocycles. The minimum Gasteiger partial charge on any atom is -0.393 e. The fourth-order valence-corrected chi connectivity index (χ4v) is 2.87. The van der Waals surface area contributed by atoms with E-state index in [1.54, 1.807) is 0 Å². The van der Waals surface area contributed by atoms with Crippen LogP contribution < -0.4 is 5.32 Å². The van der Waals surface area contributed by atoms with Gasteiger partial charge in [0.05, 0.1) is 12.1 Å². The lowest BCUT2D eigenvalue weighted by Gasteiger charge is -2.23. The summed E-state index contributed by atoms with van der Waals surface area (Å²) in [4.78, 5) is 13.9. The normalized spacial score (nSPS) is 35.0. The number of carbonyl (C=O) groups excluding carboxylic acids is 1. The van der Waals surface area contributed by atoms with Crippen molar-refractivity contribution in [1.82, 2.24) is 10.2 Å². The number of carbonyl (C=O) groups is 1. The van der Waals surface area contributed by atoms with Gasteiger partial charge < -0.3 is 15.3 Å². The number of rotatable bonds is 4. The zero-order valence-electron chi connectivity index (χ0n) is 9.98. The summed E-state index contributed by atoms with van der Waals surface area (Å²) in [5.41, 5.74) is 0. The number of aliphatic hydroxyl groups is 1. The Labute approximate surface area is 97.0 Å². The highest BCUT2D eigenvalue weighted by Gasteiger charge is 2.34. The second-order valence-electron chi connectivity index (χ2n) is 4.94. The maximum absolute atomic E-state index is 12.0. The SMILES string of the molecule is CCNC1CCN(CC2CCCC2O)C1=O. The third-order valence-electron chi connectivity index (χ3n) is 3.82. The van der Waals surface area contributed by atoms with Gasteiger partial charge >= 0.3 is 0 Å². The molecule has 2 N–H and O–H groups in total. The van der Waals surface area contributed by atoms with Crippen LogP contribution in [0.3, 0.4) is 0 Å². The molecule has 0 radical (unpaired) electrons. The van der Waals surface area contributed by atoms with Crippen molar-refractivity contribution in [3.8, 4) is 0 Å². The minimum atomic E-state index is -0.189. The standard InChI is InChI=1S/C12H22N2O2/c1-2-13-10-6-7-14(12(10)16)8-9-4-3-5-11(9)15/h9-11,13,15H,2-8H2,1H3. The first-order chi connectivity index (χ1) is 7.72. The molecule has 2 rings (SSSR count). The Kier molecular flexibility index (Phi) is 3.82. The minimum absolute atomic E-state index is 0.0172. The molecule has 3 unspecified atom stereocenters. The molecule has 4 nitrogen and oxygen atoms in total. The average molecular weight is 226 g/mol. The number of likely N-dealkylation sites (tertiary alicyclic amines) is 1. The third kappa shape index (κ3) is 2.38. The van der Waals surface area contributed by atoms with Gasteiger partial charge in [0.2, 0.25) is 5.91 Å². The summed E-state index contributed by atoms with van der Waals surface area (Å²) in [6.07, 6.45) is 3.80. The molecule has 92 valence electrons. The van der Waals surface area contributed by atoms with Crippen molar-refractivity contribution < 1.29 is 9.90 Å². The molecule has 0 bridgehead atoms. The van der Waals surface area contributed by atoms with Gasteiger partial charge in [-0.2, -0.15) is 0 Å². The monoisotopic (exact) mass is 226 g/mol. The zero-order chi connectivity index (χ0) is 11.5. The molecular weight excluding hydrogens is 204 g/mol. The zero-order valence-corrected chi connectivity index (χ0v) is 9.98. The van der Waals surface area contributed by atoms with Crippen LogP contribution in [0.5, 0.6) is 0 Å². The molecule has 1 amide bonds. The van der Waals surface area contributed by atoms with E-state index in [1.165, 1.54) is 0 Å². The van der Waals surface area contributed by atoms with Crippen molar-refractivity contribution in [3.05, 3.63) is 0 Å². The van der Waals surface area contributed by atoms with Crippen molar-refractivity contribution in [3.63, 3.8) is 0 Å². The number of nitrogens with zero attached hydrogens (tertiary/aromatic N) is 1. The fraction of sp³-hybridized carbons (Fsp3) is 0.917. The highest BCUT2D eigenvalue weighted by atomic mass is 16.3. The molecule has 0 spiro atoms. The van der Waals surface area contributed by atoms with Gasteiger partial charge in [-0.1, -0.05) is 13.3 Å². The quantitative estimate of drug-likeness (QED) is 0.727. The molecule has 1 saturated heterocycles. The lowest BCUT2D eigenvalue weighted by atomic mass is 10.1. The van der Waals surface area contributed by atoms with E-state index in [9.17, 15) is 9.90 Å². The Morgan fingerprint density at radius 1 is 1.44 bits per heavy atom. The van der Waals surface area contributed by atoms with E-state index >= 15 is 0 Å². The van der Waals surface area contributed by atoms with Crippen LogP contribution in [0.15, 0.2) is 0 Å². The molecule has 1 heterocycles. The van der Waals surface area contributed by atoms with Crippen LogP contribution in [0.25, 0.3) is 0 Å². The Bertz CT molecular complexity index is 257. The maximum atomic E-state index is 12.0. The van der Waals surface area contributed by atoms with Gasteiger partial charge in [0.25, 0.3) is 0 Å². The van der Waals surface area contributed by atoms with Crippen LogP contribution in [-0.4, -0.2) is 47.7 Å². The third-order valence-corrected chi connectivity index (χ3v) is 3.82. The van der Waals surface area contributed by atoms with Gasteiger partial charge in [-0.25, -0.2) is 0 Å². The topological polar surface area (TPSA) is 52.6 Å². The summed E-state index contributed by atoms with van der Waals surface area (Å²) >= 11 is 0. The maximum Gasteiger partial charge on any atom is 0.239 e. The van der Waals surface area contributed by atoms with Crippen molar-refractivity contribution in [1.29, 1.82) is 0 Å². The first kappa shape index (κ1) is 11.9. The van der Waals surface area contributed by atoms with Crippen LogP contribution in [0.2, 0.25) is 0 Å². The van der Waals surface area contributed by atoms with Gasteiger partial charge in [0.1, 0.15) is 0 Å². The number of hydrogen-bond acceptors (Lipinski definition) is 3. The number of aliphatic hydroxyl groups excluding tert-OH is 1. The van der Waals surface area contributed by atoms with E-state index in [2.05, 4.69) is 5.32 Å². The lowest BCUT2D eigenvalue weighted by Crippen LogP contribution is -2.40. The van der Waals surface area contributed by atoms with Crippen LogP contribution in [0, 0.1) is 5.92 Å². The van der Waals surface area contributed by atoms with Crippen LogP contribution in [-0.2, 0) is 4.79 Å². The molecule has 1 aliphatic heterocycles. The molecule has 16 heavy (non-hydrogen) atoms. The van der Waals surface area contributed by atoms with Crippen LogP contribution >= 0.6 is 0 Å². The second kappa shape index (κ2) is 5.15. The van der Waals surface area contributed by atoms with Gasteiger partial charge in [0.15, 0.2) is 0 Å². The lowest BCUT2D eigenvalue weighted by molar-refractivity contribution is -0.130. The first-order valence-corrected chi connectivity index (χ1v) is 6.42. The van der Waals surface area contributed by atoms with Gasteiger partial charge in [-0.05, 0) is 25.8 Å².